The average Bonchev–Trinajstić information content (AvgIpc) is 2.93. The molecule has 0 saturated carbocycles. The van der Waals surface area contributed by atoms with E-state index in [0.29, 0.717) is 17.4 Å². The van der Waals surface area contributed by atoms with Crippen molar-refractivity contribution in [1.29, 1.82) is 0 Å². The Hall–Kier alpha value is -1.20. The van der Waals surface area contributed by atoms with Crippen LogP contribution in [-0.2, 0) is 16.0 Å². The Balaban J connectivity index is 1.64. The molecule has 0 aliphatic carbocycles. The van der Waals surface area contributed by atoms with Crippen molar-refractivity contribution in [3.05, 3.63) is 34.9 Å². The number of carbonyl (C=O) groups is 2. The summed E-state index contributed by atoms with van der Waals surface area (Å²) >= 11 is 7.49. The fourth-order valence-corrected chi connectivity index (χ4v) is 3.84. The first kappa shape index (κ1) is 13.8. The highest BCUT2D eigenvalue weighted by atomic mass is 35.5. The van der Waals surface area contributed by atoms with Gasteiger partial charge in [0.2, 0.25) is 11.8 Å². The van der Waals surface area contributed by atoms with E-state index in [9.17, 15) is 9.59 Å². The number of amides is 2. The number of fused-ring (bicyclic) bond motifs is 1. The Labute approximate surface area is 127 Å². The van der Waals surface area contributed by atoms with E-state index in [2.05, 4.69) is 0 Å². The van der Waals surface area contributed by atoms with E-state index in [1.807, 2.05) is 24.3 Å². The Morgan fingerprint density at radius 2 is 2.00 bits per heavy atom. The summed E-state index contributed by atoms with van der Waals surface area (Å²) in [7, 11) is 0. The first-order valence-corrected chi connectivity index (χ1v) is 8.09. The van der Waals surface area contributed by atoms with Crippen LogP contribution in [0.15, 0.2) is 24.3 Å². The van der Waals surface area contributed by atoms with E-state index in [1.54, 1.807) is 21.6 Å². The van der Waals surface area contributed by atoms with Gasteiger partial charge in [0.1, 0.15) is 6.04 Å². The largest absolute Gasteiger partial charge is 0.331 e. The summed E-state index contributed by atoms with van der Waals surface area (Å²) in [6.45, 7) is 0.796. The van der Waals surface area contributed by atoms with Gasteiger partial charge in [-0.3, -0.25) is 9.59 Å². The van der Waals surface area contributed by atoms with E-state index < -0.39 is 0 Å². The molecule has 4 nitrogen and oxygen atoms in total. The van der Waals surface area contributed by atoms with Gasteiger partial charge in [-0.25, -0.2) is 0 Å². The summed E-state index contributed by atoms with van der Waals surface area (Å²) in [5.41, 5.74) is 1.12. The van der Waals surface area contributed by atoms with Crippen LogP contribution in [-0.4, -0.2) is 52.4 Å². The Kier molecular flexibility index (Phi) is 3.89. The fraction of sp³-hybridized carbons (Fsp3) is 0.429. The summed E-state index contributed by atoms with van der Waals surface area (Å²) in [5.74, 6) is 1.53. The predicted octanol–water partition coefficient (Wildman–Crippen LogP) is 1.63. The molecule has 2 fully saturated rings. The van der Waals surface area contributed by atoms with E-state index in [1.165, 1.54) is 0 Å². The number of halogens is 1. The second kappa shape index (κ2) is 5.66. The van der Waals surface area contributed by atoms with Crippen molar-refractivity contribution >= 4 is 35.2 Å². The number of piperazine rings is 1. The van der Waals surface area contributed by atoms with Crippen molar-refractivity contribution in [2.75, 3.05) is 24.7 Å². The van der Waals surface area contributed by atoms with Crippen LogP contribution in [0.4, 0.5) is 0 Å². The highest BCUT2D eigenvalue weighted by Crippen LogP contribution is 2.26. The lowest BCUT2D eigenvalue weighted by molar-refractivity contribution is -0.153. The minimum atomic E-state index is -0.244. The molecule has 0 N–H and O–H groups in total. The molecule has 1 aromatic carbocycles. The lowest BCUT2D eigenvalue weighted by Gasteiger charge is -2.35. The first-order valence-electron chi connectivity index (χ1n) is 6.55. The molecule has 2 amide bonds. The van der Waals surface area contributed by atoms with Gasteiger partial charge in [0.25, 0.3) is 0 Å². The number of hydrogen-bond acceptors (Lipinski definition) is 3. The molecule has 2 aliphatic heterocycles. The first-order chi connectivity index (χ1) is 9.65. The lowest BCUT2D eigenvalue weighted by atomic mass is 10.1. The van der Waals surface area contributed by atoms with Gasteiger partial charge in [0.05, 0.1) is 12.4 Å². The molecule has 1 aromatic rings. The maximum Gasteiger partial charge on any atom is 0.246 e. The molecule has 0 unspecified atom stereocenters. The SMILES string of the molecule is O=C1[C@H]2CSCN2C(=O)CN1CCc1ccc(Cl)cc1. The van der Waals surface area contributed by atoms with E-state index in [4.69, 9.17) is 11.6 Å². The van der Waals surface area contributed by atoms with Gasteiger partial charge in [0, 0.05) is 17.3 Å². The lowest BCUT2D eigenvalue weighted by Crippen LogP contribution is -2.58. The number of carbonyl (C=O) groups excluding carboxylic acids is 2. The molecule has 3 rings (SSSR count). The minimum absolute atomic E-state index is 0.0655. The van der Waals surface area contributed by atoms with Crippen molar-refractivity contribution in [1.82, 2.24) is 9.80 Å². The van der Waals surface area contributed by atoms with Crippen LogP contribution in [0.5, 0.6) is 0 Å². The molecule has 6 heteroatoms. The summed E-state index contributed by atoms with van der Waals surface area (Å²) in [4.78, 5) is 27.7. The van der Waals surface area contributed by atoms with Crippen LogP contribution in [0, 0.1) is 0 Å². The zero-order valence-electron chi connectivity index (χ0n) is 10.9. The molecule has 106 valence electrons. The quantitative estimate of drug-likeness (QED) is 0.852. The standard InChI is InChI=1S/C14H15ClN2O2S/c15-11-3-1-10(2-4-11)5-6-16-7-13(18)17-9-20-8-12(17)14(16)19/h1-4,12H,5-9H2/t12-/m1/s1. The van der Waals surface area contributed by atoms with Crippen molar-refractivity contribution in [3.8, 4) is 0 Å². The number of hydrogen-bond donors (Lipinski definition) is 0. The van der Waals surface area contributed by atoms with Crippen molar-refractivity contribution in [3.63, 3.8) is 0 Å². The van der Waals surface area contributed by atoms with Crippen molar-refractivity contribution < 1.29 is 9.59 Å². The van der Waals surface area contributed by atoms with Crippen LogP contribution >= 0.6 is 23.4 Å². The van der Waals surface area contributed by atoms with E-state index in [0.717, 1.165) is 17.7 Å². The number of nitrogens with zero attached hydrogens (tertiary/aromatic N) is 2. The molecule has 1 atom stereocenters. The Morgan fingerprint density at radius 1 is 1.25 bits per heavy atom. The molecule has 20 heavy (non-hydrogen) atoms. The molecule has 0 spiro atoms. The van der Waals surface area contributed by atoms with Gasteiger partial charge < -0.3 is 9.80 Å². The third-order valence-electron chi connectivity index (χ3n) is 3.71. The van der Waals surface area contributed by atoms with Gasteiger partial charge in [0.15, 0.2) is 0 Å². The zero-order valence-corrected chi connectivity index (χ0v) is 12.5. The van der Waals surface area contributed by atoms with Crippen LogP contribution in [0.2, 0.25) is 5.02 Å². The topological polar surface area (TPSA) is 40.6 Å². The van der Waals surface area contributed by atoms with E-state index >= 15 is 0 Å². The second-order valence-corrected chi connectivity index (χ2v) is 6.45. The Bertz CT molecular complexity index is 534. The smallest absolute Gasteiger partial charge is 0.246 e. The second-order valence-electron chi connectivity index (χ2n) is 5.02. The summed E-state index contributed by atoms with van der Waals surface area (Å²) in [6, 6.07) is 7.35. The van der Waals surface area contributed by atoms with Crippen LogP contribution in [0.25, 0.3) is 0 Å². The zero-order chi connectivity index (χ0) is 14.1. The predicted molar refractivity (Wildman–Crippen MR) is 79.7 cm³/mol. The molecule has 0 bridgehead atoms. The highest BCUT2D eigenvalue weighted by Gasteiger charge is 2.41. The van der Waals surface area contributed by atoms with Crippen LogP contribution in [0.3, 0.4) is 0 Å². The highest BCUT2D eigenvalue weighted by molar-refractivity contribution is 7.99. The maximum absolute atomic E-state index is 12.3. The minimum Gasteiger partial charge on any atom is -0.331 e. The summed E-state index contributed by atoms with van der Waals surface area (Å²) in [5, 5.41) is 0.705. The van der Waals surface area contributed by atoms with Crippen LogP contribution < -0.4 is 0 Å². The van der Waals surface area contributed by atoms with Gasteiger partial charge in [-0.1, -0.05) is 23.7 Å². The van der Waals surface area contributed by atoms with Gasteiger partial charge in [-0.15, -0.1) is 11.8 Å². The third kappa shape index (κ3) is 2.65. The number of rotatable bonds is 3. The van der Waals surface area contributed by atoms with Gasteiger partial charge in [-0.2, -0.15) is 0 Å². The monoisotopic (exact) mass is 310 g/mol. The number of thioether (sulfide) groups is 1. The number of benzene rings is 1. The maximum atomic E-state index is 12.3. The molecule has 2 saturated heterocycles. The van der Waals surface area contributed by atoms with Crippen molar-refractivity contribution in [2.24, 2.45) is 0 Å². The normalized spacial score (nSPS) is 22.4. The Morgan fingerprint density at radius 3 is 2.75 bits per heavy atom. The summed E-state index contributed by atoms with van der Waals surface area (Å²) < 4.78 is 0. The van der Waals surface area contributed by atoms with Gasteiger partial charge in [-0.05, 0) is 24.1 Å². The molecule has 2 aliphatic rings. The average molecular weight is 311 g/mol. The van der Waals surface area contributed by atoms with Gasteiger partial charge >= 0.3 is 0 Å². The molecular formula is C14H15ClN2O2S. The molecule has 0 aromatic heterocycles. The van der Waals surface area contributed by atoms with Crippen LogP contribution in [0.1, 0.15) is 5.56 Å². The van der Waals surface area contributed by atoms with E-state index in [-0.39, 0.29) is 24.4 Å². The van der Waals surface area contributed by atoms with Crippen molar-refractivity contribution in [2.45, 2.75) is 12.5 Å². The summed E-state index contributed by atoms with van der Waals surface area (Å²) in [6.07, 6.45) is 0.746. The molecule has 0 radical (unpaired) electrons. The fourth-order valence-electron chi connectivity index (χ4n) is 2.54. The third-order valence-corrected chi connectivity index (χ3v) is 4.97. The molecule has 2 heterocycles. The molecular weight excluding hydrogens is 296 g/mol.